The van der Waals surface area contributed by atoms with Crippen LogP contribution in [0.3, 0.4) is 0 Å². The molecule has 3 atom stereocenters. The summed E-state index contributed by atoms with van der Waals surface area (Å²) < 4.78 is 5.64. The molecule has 98 valence electrons. The van der Waals surface area contributed by atoms with E-state index in [1.165, 1.54) is 0 Å². The fourth-order valence-electron chi connectivity index (χ4n) is 2.25. The second-order valence-electron chi connectivity index (χ2n) is 4.99. The third-order valence-electron chi connectivity index (χ3n) is 3.60. The maximum absolute atomic E-state index is 11.7. The fraction of sp³-hybridized carbons (Fsp3) is 0.769. The Morgan fingerprint density at radius 1 is 1.65 bits per heavy atom. The lowest BCUT2D eigenvalue weighted by atomic mass is 9.77. The van der Waals surface area contributed by atoms with E-state index in [0.29, 0.717) is 16.7 Å². The number of esters is 1. The van der Waals surface area contributed by atoms with E-state index in [-0.39, 0.29) is 11.6 Å². The zero-order valence-electron chi connectivity index (χ0n) is 10.9. The Hall–Kier alpha value is -0.0900. The summed E-state index contributed by atoms with van der Waals surface area (Å²) in [6.45, 7) is 7.36. The Kier molecular flexibility index (Phi) is 5.45. The van der Waals surface area contributed by atoms with Crippen molar-refractivity contribution in [3.8, 4) is 0 Å². The molecule has 1 aliphatic carbocycles. The molecule has 0 heterocycles. The number of hydrogen-bond acceptors (Lipinski definition) is 4. The van der Waals surface area contributed by atoms with Crippen molar-refractivity contribution in [3.63, 3.8) is 0 Å². The number of carbonyl (C=O) groups excluding carboxylic acids is 1. The molecular weight excluding hydrogens is 252 g/mol. The average molecular weight is 274 g/mol. The number of hydrogen-bond donors (Lipinski definition) is 1. The van der Waals surface area contributed by atoms with E-state index in [2.05, 4.69) is 25.5 Å². The Morgan fingerprint density at radius 3 is 2.76 bits per heavy atom. The van der Waals surface area contributed by atoms with Crippen LogP contribution in [0.5, 0.6) is 0 Å². The molecule has 0 amide bonds. The van der Waals surface area contributed by atoms with Gasteiger partial charge >= 0.3 is 5.97 Å². The lowest BCUT2D eigenvalue weighted by Crippen LogP contribution is -2.46. The molecule has 0 aromatic carbocycles. The third kappa shape index (κ3) is 3.68. The zero-order chi connectivity index (χ0) is 13.1. The van der Waals surface area contributed by atoms with E-state index in [1.807, 2.05) is 18.7 Å². The van der Waals surface area contributed by atoms with E-state index in [0.717, 1.165) is 25.0 Å². The molecule has 0 N–H and O–H groups in total. The van der Waals surface area contributed by atoms with Gasteiger partial charge in [-0.15, -0.1) is 0 Å². The van der Waals surface area contributed by atoms with E-state index in [1.54, 1.807) is 6.92 Å². The smallest absolute Gasteiger partial charge is 0.333 e. The molecule has 1 aliphatic rings. The van der Waals surface area contributed by atoms with E-state index < -0.39 is 0 Å². The van der Waals surface area contributed by atoms with Gasteiger partial charge < -0.3 is 4.74 Å². The molecule has 0 spiro atoms. The van der Waals surface area contributed by atoms with Gasteiger partial charge in [-0.25, -0.2) is 4.79 Å². The van der Waals surface area contributed by atoms with Crippen molar-refractivity contribution in [2.24, 2.45) is 5.92 Å². The van der Waals surface area contributed by atoms with Crippen LogP contribution in [-0.4, -0.2) is 28.8 Å². The van der Waals surface area contributed by atoms with Crippen LogP contribution >= 0.6 is 24.4 Å². The first kappa shape index (κ1) is 15.0. The highest BCUT2D eigenvalue weighted by Crippen LogP contribution is 2.41. The molecule has 0 bridgehead atoms. The van der Waals surface area contributed by atoms with Gasteiger partial charge in [0.15, 0.2) is 0 Å². The Balaban J connectivity index is 2.73. The first-order chi connectivity index (χ1) is 7.92. The molecule has 1 rings (SSSR count). The maximum atomic E-state index is 11.7. The van der Waals surface area contributed by atoms with Gasteiger partial charge in [-0.05, 0) is 45.1 Å². The van der Waals surface area contributed by atoms with Crippen molar-refractivity contribution in [1.82, 2.24) is 0 Å². The van der Waals surface area contributed by atoms with Crippen LogP contribution in [0.25, 0.3) is 0 Å². The first-order valence-corrected chi connectivity index (χ1v) is 7.87. The van der Waals surface area contributed by atoms with Crippen molar-refractivity contribution < 1.29 is 9.53 Å². The number of carbonyl (C=O) groups is 1. The number of thiol groups is 1. The summed E-state index contributed by atoms with van der Waals surface area (Å²) in [5, 5.41) is 0.670. The molecule has 4 heteroatoms. The minimum Gasteiger partial charge on any atom is -0.456 e. The van der Waals surface area contributed by atoms with Gasteiger partial charge in [0, 0.05) is 16.7 Å². The molecule has 0 radical (unpaired) electrons. The van der Waals surface area contributed by atoms with Crippen LogP contribution in [0.1, 0.15) is 33.1 Å². The monoisotopic (exact) mass is 274 g/mol. The van der Waals surface area contributed by atoms with Crippen LogP contribution in [0, 0.1) is 5.92 Å². The predicted octanol–water partition coefficient (Wildman–Crippen LogP) is 3.33. The SMILES string of the molecule is C=C(C)C(=O)OC1(C)CCC(SC)CC1CS. The number of ether oxygens (including phenoxy) is 1. The molecule has 3 unspecified atom stereocenters. The van der Waals surface area contributed by atoms with Gasteiger partial charge in [0.25, 0.3) is 0 Å². The summed E-state index contributed by atoms with van der Waals surface area (Å²) in [5.74, 6) is 0.819. The van der Waals surface area contributed by atoms with Crippen LogP contribution in [-0.2, 0) is 9.53 Å². The van der Waals surface area contributed by atoms with Crippen molar-refractivity contribution >= 4 is 30.4 Å². The predicted molar refractivity (Wildman–Crippen MR) is 77.8 cm³/mol. The first-order valence-electron chi connectivity index (χ1n) is 5.95. The molecule has 0 aliphatic heterocycles. The number of thioether (sulfide) groups is 1. The standard InChI is InChI=1S/C13H22O2S2/c1-9(2)12(14)15-13(3)6-5-11(17-4)7-10(13)8-16/h10-11,16H,1,5-8H2,2-4H3. The topological polar surface area (TPSA) is 26.3 Å². The van der Waals surface area contributed by atoms with E-state index in [4.69, 9.17) is 4.74 Å². The Bertz CT molecular complexity index is 304. The summed E-state index contributed by atoms with van der Waals surface area (Å²) in [4.78, 5) is 11.7. The van der Waals surface area contributed by atoms with Gasteiger partial charge in [-0.1, -0.05) is 6.58 Å². The maximum Gasteiger partial charge on any atom is 0.333 e. The van der Waals surface area contributed by atoms with Crippen LogP contribution in [0.2, 0.25) is 0 Å². The Labute approximate surface area is 114 Å². The van der Waals surface area contributed by atoms with E-state index in [9.17, 15) is 4.79 Å². The lowest BCUT2D eigenvalue weighted by Gasteiger charge is -2.42. The number of rotatable bonds is 4. The third-order valence-corrected chi connectivity index (χ3v) is 5.14. The van der Waals surface area contributed by atoms with Crippen LogP contribution in [0.4, 0.5) is 0 Å². The second kappa shape index (κ2) is 6.19. The van der Waals surface area contributed by atoms with Crippen molar-refractivity contribution in [1.29, 1.82) is 0 Å². The van der Waals surface area contributed by atoms with Crippen LogP contribution in [0.15, 0.2) is 12.2 Å². The largest absolute Gasteiger partial charge is 0.456 e. The lowest BCUT2D eigenvalue weighted by molar-refractivity contribution is -0.161. The molecular formula is C13H22O2S2. The minimum atomic E-state index is -0.371. The Morgan fingerprint density at radius 2 is 2.29 bits per heavy atom. The summed E-state index contributed by atoms with van der Waals surface area (Å²) in [6, 6.07) is 0. The highest BCUT2D eigenvalue weighted by atomic mass is 32.2. The molecule has 1 fully saturated rings. The second-order valence-corrected chi connectivity index (χ2v) is 6.50. The zero-order valence-corrected chi connectivity index (χ0v) is 12.6. The highest BCUT2D eigenvalue weighted by Gasteiger charge is 2.42. The molecule has 0 aromatic heterocycles. The summed E-state index contributed by atoms with van der Waals surface area (Å²) in [6.07, 6.45) is 5.24. The van der Waals surface area contributed by atoms with Crippen molar-refractivity contribution in [3.05, 3.63) is 12.2 Å². The summed E-state index contributed by atoms with van der Waals surface area (Å²) >= 11 is 6.31. The molecule has 17 heavy (non-hydrogen) atoms. The van der Waals surface area contributed by atoms with Crippen LogP contribution < -0.4 is 0 Å². The van der Waals surface area contributed by atoms with Gasteiger partial charge in [-0.3, -0.25) is 0 Å². The molecule has 0 saturated heterocycles. The van der Waals surface area contributed by atoms with Gasteiger partial charge in [0.05, 0.1) is 0 Å². The van der Waals surface area contributed by atoms with Gasteiger partial charge in [0.1, 0.15) is 5.60 Å². The fourth-order valence-corrected chi connectivity index (χ4v) is 3.56. The quantitative estimate of drug-likeness (QED) is 0.484. The molecule has 1 saturated carbocycles. The van der Waals surface area contributed by atoms with Gasteiger partial charge in [-0.2, -0.15) is 24.4 Å². The normalized spacial score (nSPS) is 33.2. The molecule has 0 aromatic rings. The summed E-state index contributed by atoms with van der Waals surface area (Å²) in [7, 11) is 0. The van der Waals surface area contributed by atoms with Gasteiger partial charge in [0.2, 0.25) is 0 Å². The van der Waals surface area contributed by atoms with E-state index >= 15 is 0 Å². The minimum absolute atomic E-state index is 0.276. The summed E-state index contributed by atoms with van der Waals surface area (Å²) in [5.41, 5.74) is 0.0976. The average Bonchev–Trinajstić information content (AvgIpc) is 2.29. The van der Waals surface area contributed by atoms with Crippen molar-refractivity contribution in [2.75, 3.05) is 12.0 Å². The van der Waals surface area contributed by atoms with Crippen molar-refractivity contribution in [2.45, 2.75) is 44.0 Å². The molecule has 2 nitrogen and oxygen atoms in total. The highest BCUT2D eigenvalue weighted by molar-refractivity contribution is 7.99.